The van der Waals surface area contributed by atoms with Crippen molar-refractivity contribution in [3.63, 3.8) is 0 Å². The van der Waals surface area contributed by atoms with Gasteiger partial charge in [0, 0.05) is 12.6 Å². The molecular weight excluding hydrogens is 280 g/mol. The number of rotatable bonds is 8. The molecule has 22 heavy (non-hydrogen) atoms. The molecule has 0 unspecified atom stereocenters. The van der Waals surface area contributed by atoms with Crippen LogP contribution in [0.25, 0.3) is 0 Å². The van der Waals surface area contributed by atoms with Crippen LogP contribution < -0.4 is 10.1 Å². The first-order valence-corrected chi connectivity index (χ1v) is 7.90. The largest absolute Gasteiger partial charge is 0.497 e. The van der Waals surface area contributed by atoms with Gasteiger partial charge in [-0.15, -0.1) is 0 Å². The quantitative estimate of drug-likeness (QED) is 0.796. The first-order chi connectivity index (χ1) is 10.7. The van der Waals surface area contributed by atoms with Crippen LogP contribution in [0, 0.1) is 0 Å². The summed E-state index contributed by atoms with van der Waals surface area (Å²) >= 11 is 0. The molecule has 0 aromatic heterocycles. The molecule has 1 saturated heterocycles. The molecule has 0 spiro atoms. The minimum atomic E-state index is -0.0612. The van der Waals surface area contributed by atoms with Crippen LogP contribution in [0.2, 0.25) is 0 Å². The first kappa shape index (κ1) is 16.8. The van der Waals surface area contributed by atoms with Crippen molar-refractivity contribution in [3.05, 3.63) is 29.8 Å². The SMILES string of the molecule is COc1cccc(COCC(=O)NC[C@@H](C)N2CCCC2)c1. The molecule has 1 N–H and O–H groups in total. The number of likely N-dealkylation sites (tertiary alicyclic amines) is 1. The van der Waals surface area contributed by atoms with Gasteiger partial charge in [0.05, 0.1) is 13.7 Å². The Hall–Kier alpha value is -1.59. The average Bonchev–Trinajstić information content (AvgIpc) is 3.07. The standard InChI is InChI=1S/C17H26N2O3/c1-14(19-8-3-4-9-19)11-18-17(20)13-22-12-15-6-5-7-16(10-15)21-2/h5-7,10,14H,3-4,8-9,11-13H2,1-2H3,(H,18,20)/t14-/m1/s1. The van der Waals surface area contributed by atoms with Gasteiger partial charge in [0.1, 0.15) is 12.4 Å². The van der Waals surface area contributed by atoms with Gasteiger partial charge in [-0.1, -0.05) is 12.1 Å². The Kier molecular flexibility index (Phi) is 6.68. The molecule has 1 aliphatic rings. The smallest absolute Gasteiger partial charge is 0.246 e. The number of hydrogen-bond acceptors (Lipinski definition) is 4. The minimum absolute atomic E-state index is 0.0612. The Morgan fingerprint density at radius 2 is 2.14 bits per heavy atom. The molecule has 1 atom stereocenters. The molecule has 0 radical (unpaired) electrons. The molecule has 122 valence electrons. The van der Waals surface area contributed by atoms with E-state index >= 15 is 0 Å². The van der Waals surface area contributed by atoms with Gasteiger partial charge in [0.2, 0.25) is 5.91 Å². The summed E-state index contributed by atoms with van der Waals surface area (Å²) in [5, 5.41) is 2.94. The van der Waals surface area contributed by atoms with E-state index in [-0.39, 0.29) is 12.5 Å². The van der Waals surface area contributed by atoms with Crippen LogP contribution in [-0.4, -0.2) is 50.2 Å². The van der Waals surface area contributed by atoms with Crippen LogP contribution in [0.4, 0.5) is 0 Å². The Bertz CT molecular complexity index is 473. The molecule has 1 aliphatic heterocycles. The van der Waals surface area contributed by atoms with Gasteiger partial charge < -0.3 is 14.8 Å². The maximum absolute atomic E-state index is 11.8. The summed E-state index contributed by atoms with van der Waals surface area (Å²) in [6.07, 6.45) is 2.53. The van der Waals surface area contributed by atoms with E-state index in [1.54, 1.807) is 7.11 Å². The molecule has 1 amide bonds. The van der Waals surface area contributed by atoms with Crippen LogP contribution in [0.15, 0.2) is 24.3 Å². The molecule has 1 heterocycles. The number of carbonyl (C=O) groups is 1. The first-order valence-electron chi connectivity index (χ1n) is 7.90. The number of hydrogen-bond donors (Lipinski definition) is 1. The van der Waals surface area contributed by atoms with E-state index in [1.807, 2.05) is 24.3 Å². The summed E-state index contributed by atoms with van der Waals surface area (Å²) in [7, 11) is 1.63. The fourth-order valence-electron chi connectivity index (χ4n) is 2.65. The van der Waals surface area contributed by atoms with Crippen molar-refractivity contribution >= 4 is 5.91 Å². The van der Waals surface area contributed by atoms with E-state index in [0.717, 1.165) is 24.4 Å². The van der Waals surface area contributed by atoms with Crippen molar-refractivity contribution in [2.24, 2.45) is 0 Å². The molecule has 1 aromatic carbocycles. The van der Waals surface area contributed by atoms with E-state index < -0.39 is 0 Å². The number of ether oxygens (including phenoxy) is 2. The van der Waals surface area contributed by atoms with Gasteiger partial charge in [0.15, 0.2) is 0 Å². The zero-order chi connectivity index (χ0) is 15.8. The molecule has 0 saturated carbocycles. The van der Waals surface area contributed by atoms with Gasteiger partial charge in [-0.25, -0.2) is 0 Å². The predicted molar refractivity (Wildman–Crippen MR) is 85.9 cm³/mol. The van der Waals surface area contributed by atoms with Crippen molar-refractivity contribution < 1.29 is 14.3 Å². The van der Waals surface area contributed by atoms with E-state index in [4.69, 9.17) is 9.47 Å². The lowest BCUT2D eigenvalue weighted by Gasteiger charge is -2.23. The van der Waals surface area contributed by atoms with Crippen molar-refractivity contribution in [3.8, 4) is 5.75 Å². The van der Waals surface area contributed by atoms with Crippen molar-refractivity contribution in [1.82, 2.24) is 10.2 Å². The second-order valence-corrected chi connectivity index (χ2v) is 5.74. The van der Waals surface area contributed by atoms with E-state index in [2.05, 4.69) is 17.1 Å². The highest BCUT2D eigenvalue weighted by Gasteiger charge is 2.18. The molecular formula is C17H26N2O3. The number of nitrogens with zero attached hydrogens (tertiary/aromatic N) is 1. The van der Waals surface area contributed by atoms with Gasteiger partial charge >= 0.3 is 0 Å². The number of amides is 1. The maximum Gasteiger partial charge on any atom is 0.246 e. The number of methoxy groups -OCH3 is 1. The van der Waals surface area contributed by atoms with Crippen LogP contribution in [0.3, 0.4) is 0 Å². The van der Waals surface area contributed by atoms with Gasteiger partial charge in [-0.3, -0.25) is 9.69 Å². The van der Waals surface area contributed by atoms with Crippen molar-refractivity contribution in [2.45, 2.75) is 32.4 Å². The normalized spacial score (nSPS) is 16.5. The van der Waals surface area contributed by atoms with E-state index in [9.17, 15) is 4.79 Å². The Balaban J connectivity index is 1.62. The van der Waals surface area contributed by atoms with Gasteiger partial charge in [0.25, 0.3) is 0 Å². The lowest BCUT2D eigenvalue weighted by Crippen LogP contribution is -2.41. The second kappa shape index (κ2) is 8.76. The molecule has 2 rings (SSSR count). The highest BCUT2D eigenvalue weighted by atomic mass is 16.5. The third-order valence-electron chi connectivity index (χ3n) is 3.99. The van der Waals surface area contributed by atoms with Crippen LogP contribution in [-0.2, 0) is 16.1 Å². The Labute approximate surface area is 132 Å². The Morgan fingerprint density at radius 1 is 1.36 bits per heavy atom. The molecule has 0 bridgehead atoms. The summed E-state index contributed by atoms with van der Waals surface area (Å²) in [5.74, 6) is 0.735. The molecule has 0 aliphatic carbocycles. The molecule has 1 aromatic rings. The van der Waals surface area contributed by atoms with Crippen molar-refractivity contribution in [2.75, 3.05) is 33.4 Å². The zero-order valence-corrected chi connectivity index (χ0v) is 13.5. The van der Waals surface area contributed by atoms with E-state index in [0.29, 0.717) is 19.2 Å². The molecule has 1 fully saturated rings. The monoisotopic (exact) mass is 306 g/mol. The van der Waals surface area contributed by atoms with Crippen LogP contribution in [0.1, 0.15) is 25.3 Å². The van der Waals surface area contributed by atoms with Crippen molar-refractivity contribution in [1.29, 1.82) is 0 Å². The average molecular weight is 306 g/mol. The molecule has 5 heteroatoms. The summed E-state index contributed by atoms with van der Waals surface area (Å²) in [4.78, 5) is 14.2. The lowest BCUT2D eigenvalue weighted by molar-refractivity contribution is -0.126. The number of benzene rings is 1. The fraction of sp³-hybridized carbons (Fsp3) is 0.588. The van der Waals surface area contributed by atoms with E-state index in [1.165, 1.54) is 12.8 Å². The third-order valence-corrected chi connectivity index (χ3v) is 3.99. The maximum atomic E-state index is 11.8. The predicted octanol–water partition coefficient (Wildman–Crippen LogP) is 1.81. The molecule has 5 nitrogen and oxygen atoms in total. The summed E-state index contributed by atoms with van der Waals surface area (Å²) in [6, 6.07) is 8.05. The van der Waals surface area contributed by atoms with Crippen LogP contribution >= 0.6 is 0 Å². The van der Waals surface area contributed by atoms with Gasteiger partial charge in [-0.2, -0.15) is 0 Å². The fourth-order valence-corrected chi connectivity index (χ4v) is 2.65. The highest BCUT2D eigenvalue weighted by Crippen LogP contribution is 2.13. The van der Waals surface area contributed by atoms with Crippen LogP contribution in [0.5, 0.6) is 5.75 Å². The number of carbonyl (C=O) groups excluding carboxylic acids is 1. The summed E-state index contributed by atoms with van der Waals surface area (Å²) in [6.45, 7) is 5.62. The Morgan fingerprint density at radius 3 is 2.86 bits per heavy atom. The minimum Gasteiger partial charge on any atom is -0.497 e. The zero-order valence-electron chi connectivity index (χ0n) is 13.5. The highest BCUT2D eigenvalue weighted by molar-refractivity contribution is 5.77. The summed E-state index contributed by atoms with van der Waals surface area (Å²) in [5.41, 5.74) is 0.998. The van der Waals surface area contributed by atoms with Gasteiger partial charge in [-0.05, 0) is 50.6 Å². The lowest BCUT2D eigenvalue weighted by atomic mass is 10.2. The second-order valence-electron chi connectivity index (χ2n) is 5.74. The third kappa shape index (κ3) is 5.31. The number of nitrogens with one attached hydrogen (secondary N) is 1. The summed E-state index contributed by atoms with van der Waals surface area (Å²) < 4.78 is 10.6. The topological polar surface area (TPSA) is 50.8 Å².